The lowest BCUT2D eigenvalue weighted by Crippen LogP contribution is -2.32. The van der Waals surface area contributed by atoms with Crippen molar-refractivity contribution in [2.75, 3.05) is 6.54 Å². The highest BCUT2D eigenvalue weighted by Crippen LogP contribution is 2.15. The first-order chi connectivity index (χ1) is 8.12. The fourth-order valence-corrected chi connectivity index (χ4v) is 2.00. The maximum atomic E-state index is 8.85. The van der Waals surface area contributed by atoms with Gasteiger partial charge < -0.3 is 0 Å². The van der Waals surface area contributed by atoms with Gasteiger partial charge in [-0.2, -0.15) is 5.26 Å². The largest absolute Gasteiger partial charge is 0.297 e. The summed E-state index contributed by atoms with van der Waals surface area (Å²) in [6.07, 6.45) is 1.17. The molecule has 0 aliphatic heterocycles. The lowest BCUT2D eigenvalue weighted by Gasteiger charge is -2.27. The van der Waals surface area contributed by atoms with Crippen LogP contribution in [0.25, 0.3) is 0 Å². The van der Waals surface area contributed by atoms with E-state index in [0.717, 1.165) is 18.7 Å². The molecule has 17 heavy (non-hydrogen) atoms. The molecule has 1 aromatic carbocycles. The number of hydrogen-bond acceptors (Lipinski definition) is 2. The van der Waals surface area contributed by atoms with Crippen LogP contribution in [0.1, 0.15) is 43.9 Å². The standard InChI is InChI=1S/C15H22N2/c1-5-13(4)17(6-2)11-15-8-7-14(10-16)9-12(15)3/h7-9,13H,5-6,11H2,1-4H3. The zero-order chi connectivity index (χ0) is 12.8. The summed E-state index contributed by atoms with van der Waals surface area (Å²) in [6, 6.07) is 8.75. The second-order valence-corrected chi connectivity index (χ2v) is 4.57. The summed E-state index contributed by atoms with van der Waals surface area (Å²) >= 11 is 0. The third-order valence-corrected chi connectivity index (χ3v) is 3.47. The van der Waals surface area contributed by atoms with Gasteiger partial charge in [-0.05, 0) is 50.1 Å². The van der Waals surface area contributed by atoms with Crippen LogP contribution in [0, 0.1) is 18.3 Å². The summed E-state index contributed by atoms with van der Waals surface area (Å²) in [5.74, 6) is 0. The zero-order valence-corrected chi connectivity index (χ0v) is 11.3. The third kappa shape index (κ3) is 3.57. The van der Waals surface area contributed by atoms with E-state index in [2.05, 4.69) is 44.7 Å². The van der Waals surface area contributed by atoms with E-state index < -0.39 is 0 Å². The molecule has 1 unspecified atom stereocenters. The second-order valence-electron chi connectivity index (χ2n) is 4.57. The van der Waals surface area contributed by atoms with Crippen molar-refractivity contribution in [2.45, 2.75) is 46.7 Å². The zero-order valence-electron chi connectivity index (χ0n) is 11.3. The number of benzene rings is 1. The molecular weight excluding hydrogens is 208 g/mol. The molecule has 0 N–H and O–H groups in total. The fraction of sp³-hybridized carbons (Fsp3) is 0.533. The predicted octanol–water partition coefficient (Wildman–Crippen LogP) is 3.49. The van der Waals surface area contributed by atoms with E-state index in [1.54, 1.807) is 0 Å². The maximum Gasteiger partial charge on any atom is 0.0991 e. The monoisotopic (exact) mass is 230 g/mol. The number of hydrogen-bond donors (Lipinski definition) is 0. The molecule has 0 aliphatic carbocycles. The SMILES string of the molecule is CCC(C)N(CC)Cc1ccc(C#N)cc1C. The first kappa shape index (κ1) is 13.7. The van der Waals surface area contributed by atoms with E-state index in [-0.39, 0.29) is 0 Å². The second kappa shape index (κ2) is 6.42. The van der Waals surface area contributed by atoms with Gasteiger partial charge in [0.1, 0.15) is 0 Å². The molecule has 1 rings (SSSR count). The number of nitrogens with zero attached hydrogens (tertiary/aromatic N) is 2. The summed E-state index contributed by atoms with van der Waals surface area (Å²) < 4.78 is 0. The smallest absolute Gasteiger partial charge is 0.0991 e. The molecule has 0 heterocycles. The van der Waals surface area contributed by atoms with Crippen molar-refractivity contribution in [1.82, 2.24) is 4.90 Å². The van der Waals surface area contributed by atoms with Gasteiger partial charge in [-0.15, -0.1) is 0 Å². The summed E-state index contributed by atoms with van der Waals surface area (Å²) in [4.78, 5) is 2.47. The molecule has 0 saturated carbocycles. The molecule has 92 valence electrons. The van der Waals surface area contributed by atoms with Gasteiger partial charge in [0.15, 0.2) is 0 Å². The van der Waals surface area contributed by atoms with Gasteiger partial charge in [0, 0.05) is 12.6 Å². The Labute approximate surface area is 105 Å². The molecule has 2 heteroatoms. The summed E-state index contributed by atoms with van der Waals surface area (Å²) in [6.45, 7) is 10.8. The minimum Gasteiger partial charge on any atom is -0.297 e. The van der Waals surface area contributed by atoms with Crippen molar-refractivity contribution in [3.8, 4) is 6.07 Å². The highest BCUT2D eigenvalue weighted by Gasteiger charge is 2.11. The molecule has 0 aromatic heterocycles. The molecule has 0 spiro atoms. The lowest BCUT2D eigenvalue weighted by molar-refractivity contribution is 0.205. The quantitative estimate of drug-likeness (QED) is 0.774. The minimum absolute atomic E-state index is 0.607. The predicted molar refractivity (Wildman–Crippen MR) is 71.7 cm³/mol. The average Bonchev–Trinajstić information content (AvgIpc) is 2.36. The minimum atomic E-state index is 0.607. The Morgan fingerprint density at radius 3 is 2.53 bits per heavy atom. The van der Waals surface area contributed by atoms with Gasteiger partial charge in [0.2, 0.25) is 0 Å². The van der Waals surface area contributed by atoms with Crippen LogP contribution >= 0.6 is 0 Å². The average molecular weight is 230 g/mol. The Bertz CT molecular complexity index is 404. The molecule has 0 aliphatic rings. The van der Waals surface area contributed by atoms with Crippen molar-refractivity contribution in [1.29, 1.82) is 5.26 Å². The van der Waals surface area contributed by atoms with Crippen molar-refractivity contribution in [3.63, 3.8) is 0 Å². The Morgan fingerprint density at radius 2 is 2.06 bits per heavy atom. The van der Waals surface area contributed by atoms with Crippen LogP contribution in [0.5, 0.6) is 0 Å². The molecule has 0 amide bonds. The molecule has 1 aromatic rings. The Kier molecular flexibility index (Phi) is 5.18. The number of nitriles is 1. The van der Waals surface area contributed by atoms with Crippen LogP contribution in [0.3, 0.4) is 0 Å². The van der Waals surface area contributed by atoms with E-state index >= 15 is 0 Å². The normalized spacial score (nSPS) is 12.5. The molecule has 0 bridgehead atoms. The van der Waals surface area contributed by atoms with Crippen molar-refractivity contribution in [2.24, 2.45) is 0 Å². The van der Waals surface area contributed by atoms with Crippen LogP contribution < -0.4 is 0 Å². The van der Waals surface area contributed by atoms with Crippen molar-refractivity contribution in [3.05, 3.63) is 34.9 Å². The third-order valence-electron chi connectivity index (χ3n) is 3.47. The number of aryl methyl sites for hydroxylation is 1. The van der Waals surface area contributed by atoms with Gasteiger partial charge in [-0.1, -0.05) is 19.9 Å². The van der Waals surface area contributed by atoms with Crippen molar-refractivity contribution >= 4 is 0 Å². The van der Waals surface area contributed by atoms with E-state index in [1.165, 1.54) is 17.5 Å². The van der Waals surface area contributed by atoms with Crippen LogP contribution in [-0.4, -0.2) is 17.5 Å². The molecule has 0 saturated heterocycles. The fourth-order valence-electron chi connectivity index (χ4n) is 2.00. The van der Waals surface area contributed by atoms with Crippen LogP contribution in [0.4, 0.5) is 0 Å². The van der Waals surface area contributed by atoms with E-state index in [4.69, 9.17) is 5.26 Å². The van der Waals surface area contributed by atoms with Gasteiger partial charge in [0.25, 0.3) is 0 Å². The highest BCUT2D eigenvalue weighted by atomic mass is 15.1. The highest BCUT2D eigenvalue weighted by molar-refractivity contribution is 5.37. The Morgan fingerprint density at radius 1 is 1.35 bits per heavy atom. The van der Waals surface area contributed by atoms with E-state index in [9.17, 15) is 0 Å². The number of rotatable bonds is 5. The van der Waals surface area contributed by atoms with Crippen LogP contribution in [0.15, 0.2) is 18.2 Å². The van der Waals surface area contributed by atoms with Gasteiger partial charge in [-0.3, -0.25) is 4.90 Å². The van der Waals surface area contributed by atoms with Gasteiger partial charge >= 0.3 is 0 Å². The van der Waals surface area contributed by atoms with Crippen LogP contribution in [-0.2, 0) is 6.54 Å². The summed E-state index contributed by atoms with van der Waals surface area (Å²) in [5, 5.41) is 8.85. The van der Waals surface area contributed by atoms with Gasteiger partial charge in [0.05, 0.1) is 11.6 Å². The first-order valence-corrected chi connectivity index (χ1v) is 6.36. The van der Waals surface area contributed by atoms with Crippen molar-refractivity contribution < 1.29 is 0 Å². The summed E-state index contributed by atoms with van der Waals surface area (Å²) in [5.41, 5.74) is 3.29. The lowest BCUT2D eigenvalue weighted by atomic mass is 10.0. The van der Waals surface area contributed by atoms with E-state index in [0.29, 0.717) is 6.04 Å². The van der Waals surface area contributed by atoms with E-state index in [1.807, 2.05) is 12.1 Å². The molecule has 0 radical (unpaired) electrons. The topological polar surface area (TPSA) is 27.0 Å². The molecule has 0 fully saturated rings. The molecule has 2 nitrogen and oxygen atoms in total. The molecule has 1 atom stereocenters. The first-order valence-electron chi connectivity index (χ1n) is 6.36. The Hall–Kier alpha value is -1.33. The maximum absolute atomic E-state index is 8.85. The van der Waals surface area contributed by atoms with Gasteiger partial charge in [-0.25, -0.2) is 0 Å². The summed E-state index contributed by atoms with van der Waals surface area (Å²) in [7, 11) is 0. The molecular formula is C15H22N2. The Balaban J connectivity index is 2.84. The van der Waals surface area contributed by atoms with Crippen LogP contribution in [0.2, 0.25) is 0 Å².